The molecule has 0 aliphatic rings. The van der Waals surface area contributed by atoms with Crippen molar-refractivity contribution in [3.05, 3.63) is 60.2 Å². The van der Waals surface area contributed by atoms with Crippen LogP contribution in [-0.4, -0.2) is 20.8 Å². The molecule has 2 aromatic carbocycles. The molecule has 2 rings (SSSR count). The lowest BCUT2D eigenvalue weighted by atomic mass is 10.2. The number of rotatable bonds is 7. The first-order valence-electron chi connectivity index (χ1n) is 6.55. The molecular formula is C15H18N2O3S. The van der Waals surface area contributed by atoms with Crippen LogP contribution in [0.4, 0.5) is 5.69 Å². The summed E-state index contributed by atoms with van der Waals surface area (Å²) in [4.78, 5) is 0. The molecule has 5 nitrogen and oxygen atoms in total. The number of nitrogen functional groups attached to an aromatic ring is 1. The molecule has 0 saturated carbocycles. The van der Waals surface area contributed by atoms with Gasteiger partial charge in [-0.2, -0.15) is 0 Å². The molecule has 0 bridgehead atoms. The van der Waals surface area contributed by atoms with Gasteiger partial charge in [-0.15, -0.1) is 0 Å². The van der Waals surface area contributed by atoms with Crippen LogP contribution in [0, 0.1) is 0 Å². The second kappa shape index (κ2) is 7.10. The van der Waals surface area contributed by atoms with E-state index in [2.05, 4.69) is 4.72 Å². The van der Waals surface area contributed by atoms with E-state index in [1.54, 1.807) is 24.3 Å². The Morgan fingerprint density at radius 2 is 1.81 bits per heavy atom. The molecule has 0 aliphatic heterocycles. The third kappa shape index (κ3) is 5.45. The third-order valence-electron chi connectivity index (χ3n) is 2.82. The Kier molecular flexibility index (Phi) is 5.19. The monoisotopic (exact) mass is 306 g/mol. The Hall–Kier alpha value is -2.05. The van der Waals surface area contributed by atoms with Gasteiger partial charge >= 0.3 is 0 Å². The van der Waals surface area contributed by atoms with E-state index in [-0.39, 0.29) is 18.9 Å². The number of nitrogens with one attached hydrogen (secondary N) is 1. The number of ether oxygens (including phenoxy) is 1. The molecule has 0 fully saturated rings. The van der Waals surface area contributed by atoms with Gasteiger partial charge in [0.15, 0.2) is 0 Å². The fourth-order valence-corrected chi connectivity index (χ4v) is 2.57. The number of nitrogens with two attached hydrogens (primary N) is 1. The average molecular weight is 306 g/mol. The first kappa shape index (κ1) is 15.3. The zero-order chi connectivity index (χ0) is 15.1. The highest BCUT2D eigenvalue weighted by molar-refractivity contribution is 7.89. The second-order valence-corrected chi connectivity index (χ2v) is 6.47. The van der Waals surface area contributed by atoms with Crippen molar-refractivity contribution in [2.75, 3.05) is 18.1 Å². The van der Waals surface area contributed by atoms with Crippen molar-refractivity contribution in [1.29, 1.82) is 0 Å². The third-order valence-corrected chi connectivity index (χ3v) is 4.11. The second-order valence-electron chi connectivity index (χ2n) is 4.55. The van der Waals surface area contributed by atoms with Crippen molar-refractivity contribution in [3.63, 3.8) is 0 Å². The van der Waals surface area contributed by atoms with E-state index in [1.165, 1.54) is 0 Å². The molecule has 0 heterocycles. The molecule has 0 saturated heterocycles. The first-order chi connectivity index (χ1) is 10.1. The summed E-state index contributed by atoms with van der Waals surface area (Å²) >= 11 is 0. The van der Waals surface area contributed by atoms with E-state index >= 15 is 0 Å². The fraction of sp³-hybridized carbons (Fsp3) is 0.200. The summed E-state index contributed by atoms with van der Waals surface area (Å²) in [6.45, 7) is 0.356. The van der Waals surface area contributed by atoms with Crippen LogP contribution in [0.2, 0.25) is 0 Å². The maximum absolute atomic E-state index is 11.8. The predicted molar refractivity (Wildman–Crippen MR) is 83.4 cm³/mol. The summed E-state index contributed by atoms with van der Waals surface area (Å²) in [6.07, 6.45) is 0. The number of hydrogen-bond donors (Lipinski definition) is 2. The molecule has 0 unspecified atom stereocenters. The Morgan fingerprint density at radius 3 is 2.52 bits per heavy atom. The topological polar surface area (TPSA) is 81.4 Å². The highest BCUT2D eigenvalue weighted by atomic mass is 32.2. The van der Waals surface area contributed by atoms with Crippen molar-refractivity contribution < 1.29 is 13.2 Å². The van der Waals surface area contributed by atoms with Crippen LogP contribution in [0.5, 0.6) is 5.75 Å². The van der Waals surface area contributed by atoms with Crippen molar-refractivity contribution in [2.24, 2.45) is 0 Å². The fourth-order valence-electron chi connectivity index (χ4n) is 1.73. The van der Waals surface area contributed by atoms with Gasteiger partial charge in [0.25, 0.3) is 0 Å². The summed E-state index contributed by atoms with van der Waals surface area (Å²) in [6, 6.07) is 16.2. The summed E-state index contributed by atoms with van der Waals surface area (Å²) in [5.74, 6) is 0.461. The smallest absolute Gasteiger partial charge is 0.215 e. The van der Waals surface area contributed by atoms with Crippen molar-refractivity contribution in [3.8, 4) is 5.75 Å². The van der Waals surface area contributed by atoms with Crippen molar-refractivity contribution >= 4 is 15.7 Å². The molecule has 0 amide bonds. The summed E-state index contributed by atoms with van der Waals surface area (Å²) in [5.41, 5.74) is 7.11. The van der Waals surface area contributed by atoms with E-state index in [1.807, 2.05) is 30.3 Å². The number of anilines is 1. The Morgan fingerprint density at radius 1 is 1.05 bits per heavy atom. The van der Waals surface area contributed by atoms with Crippen LogP contribution in [-0.2, 0) is 16.6 Å². The van der Waals surface area contributed by atoms with Crippen LogP contribution >= 0.6 is 0 Å². The van der Waals surface area contributed by atoms with Crippen LogP contribution < -0.4 is 15.2 Å². The van der Waals surface area contributed by atoms with E-state index < -0.39 is 10.0 Å². The largest absolute Gasteiger partial charge is 0.492 e. The van der Waals surface area contributed by atoms with E-state index in [4.69, 9.17) is 10.5 Å². The van der Waals surface area contributed by atoms with Gasteiger partial charge in [0, 0.05) is 18.3 Å². The molecule has 3 N–H and O–H groups in total. The Labute approximate surface area is 124 Å². The lowest BCUT2D eigenvalue weighted by Crippen LogP contribution is -2.28. The number of benzene rings is 2. The molecule has 0 aromatic heterocycles. The molecule has 112 valence electrons. The van der Waals surface area contributed by atoms with Gasteiger partial charge in [0.05, 0.1) is 5.75 Å². The summed E-state index contributed by atoms with van der Waals surface area (Å²) < 4.78 is 31.6. The normalized spacial score (nSPS) is 11.2. The maximum Gasteiger partial charge on any atom is 0.215 e. The molecule has 21 heavy (non-hydrogen) atoms. The molecular weight excluding hydrogens is 288 g/mol. The molecule has 0 atom stereocenters. The maximum atomic E-state index is 11.8. The van der Waals surface area contributed by atoms with Crippen molar-refractivity contribution in [1.82, 2.24) is 4.72 Å². The molecule has 2 aromatic rings. The summed E-state index contributed by atoms with van der Waals surface area (Å²) in [5, 5.41) is 0. The molecule has 0 spiro atoms. The number of hydrogen-bond acceptors (Lipinski definition) is 4. The zero-order valence-electron chi connectivity index (χ0n) is 11.5. The first-order valence-corrected chi connectivity index (χ1v) is 8.20. The molecule has 0 aliphatic carbocycles. The van der Waals surface area contributed by atoms with Crippen LogP contribution in [0.1, 0.15) is 5.56 Å². The van der Waals surface area contributed by atoms with Gasteiger partial charge in [-0.3, -0.25) is 0 Å². The quantitative estimate of drug-likeness (QED) is 0.764. The highest BCUT2D eigenvalue weighted by Gasteiger charge is 2.10. The van der Waals surface area contributed by atoms with Crippen LogP contribution in [0.15, 0.2) is 54.6 Å². The average Bonchev–Trinajstić information content (AvgIpc) is 2.46. The minimum atomic E-state index is -3.37. The van der Waals surface area contributed by atoms with E-state index in [9.17, 15) is 8.42 Å². The SMILES string of the molecule is Nc1cccc(OCCS(=O)(=O)NCc2ccccc2)c1. The lowest BCUT2D eigenvalue weighted by Gasteiger charge is -2.09. The Bertz CT molecular complexity index is 672. The van der Waals surface area contributed by atoms with Gasteiger partial charge in [0.1, 0.15) is 12.4 Å². The molecule has 0 radical (unpaired) electrons. The van der Waals surface area contributed by atoms with E-state index in [0.717, 1.165) is 5.56 Å². The number of sulfonamides is 1. The van der Waals surface area contributed by atoms with E-state index in [0.29, 0.717) is 11.4 Å². The predicted octanol–water partition coefficient (Wildman–Crippen LogP) is 1.77. The van der Waals surface area contributed by atoms with Gasteiger partial charge in [-0.1, -0.05) is 36.4 Å². The molecule has 6 heteroatoms. The lowest BCUT2D eigenvalue weighted by molar-refractivity contribution is 0.340. The van der Waals surface area contributed by atoms with Crippen LogP contribution in [0.25, 0.3) is 0 Å². The van der Waals surface area contributed by atoms with Crippen LogP contribution in [0.3, 0.4) is 0 Å². The minimum absolute atomic E-state index is 0.0770. The zero-order valence-corrected chi connectivity index (χ0v) is 12.3. The minimum Gasteiger partial charge on any atom is -0.492 e. The van der Waals surface area contributed by atoms with Gasteiger partial charge < -0.3 is 10.5 Å². The van der Waals surface area contributed by atoms with Crippen molar-refractivity contribution in [2.45, 2.75) is 6.54 Å². The van der Waals surface area contributed by atoms with Gasteiger partial charge in [0.2, 0.25) is 10.0 Å². The van der Waals surface area contributed by atoms with Gasteiger partial charge in [-0.25, -0.2) is 13.1 Å². The summed E-state index contributed by atoms with van der Waals surface area (Å²) in [7, 11) is -3.37. The standard InChI is InChI=1S/C15H18N2O3S/c16-14-7-4-8-15(11-14)20-9-10-21(18,19)17-12-13-5-2-1-3-6-13/h1-8,11,17H,9-10,12,16H2. The Balaban J connectivity index is 1.79. The van der Waals surface area contributed by atoms with Gasteiger partial charge in [-0.05, 0) is 17.7 Å². The highest BCUT2D eigenvalue weighted by Crippen LogP contribution is 2.14.